The molecule has 0 heterocycles. The Morgan fingerprint density at radius 3 is 2.50 bits per heavy atom. The Morgan fingerprint density at radius 2 is 2.00 bits per heavy atom. The number of benzene rings is 1. The van der Waals surface area contributed by atoms with Gasteiger partial charge in [-0.05, 0) is 31.4 Å². The van der Waals surface area contributed by atoms with Gasteiger partial charge in [0.1, 0.15) is 0 Å². The molecule has 0 aliphatic carbocycles. The van der Waals surface area contributed by atoms with E-state index in [1.165, 1.54) is 0 Å². The van der Waals surface area contributed by atoms with Gasteiger partial charge in [0.15, 0.2) is 0 Å². The van der Waals surface area contributed by atoms with E-state index in [4.69, 9.17) is 5.26 Å². The van der Waals surface area contributed by atoms with E-state index in [-0.39, 0.29) is 0 Å². The van der Waals surface area contributed by atoms with Crippen LogP contribution in [-0.4, -0.2) is 18.7 Å². The Kier molecular flexibility index (Phi) is 5.18. The van der Waals surface area contributed by atoms with Crippen LogP contribution in [0.25, 0.3) is 0 Å². The molecule has 0 saturated carbocycles. The van der Waals surface area contributed by atoms with Crippen molar-refractivity contribution in [2.45, 2.75) is 33.3 Å². The van der Waals surface area contributed by atoms with Crippen LogP contribution in [0.4, 0.5) is 5.69 Å². The number of nitrogens with zero attached hydrogens (tertiary/aromatic N) is 2. The lowest BCUT2D eigenvalue weighted by Gasteiger charge is -2.24. The van der Waals surface area contributed by atoms with Gasteiger partial charge in [0.25, 0.3) is 0 Å². The number of nitriles is 1. The summed E-state index contributed by atoms with van der Waals surface area (Å²) in [5, 5.41) is 18.7. The van der Waals surface area contributed by atoms with E-state index in [0.717, 1.165) is 24.2 Å². The van der Waals surface area contributed by atoms with Crippen molar-refractivity contribution in [2.24, 2.45) is 5.92 Å². The van der Waals surface area contributed by atoms with Crippen LogP contribution in [0, 0.1) is 17.2 Å². The molecular formula is C15H22N2O. The van der Waals surface area contributed by atoms with Crippen LogP contribution in [0.2, 0.25) is 0 Å². The maximum absolute atomic E-state index is 9.78. The number of aliphatic hydroxyl groups is 1. The molecule has 0 spiro atoms. The van der Waals surface area contributed by atoms with Crippen molar-refractivity contribution in [1.82, 2.24) is 0 Å². The van der Waals surface area contributed by atoms with Gasteiger partial charge in [-0.25, -0.2) is 0 Å². The lowest BCUT2D eigenvalue weighted by atomic mass is 10.0. The third-order valence-electron chi connectivity index (χ3n) is 3.06. The second-order valence-electron chi connectivity index (χ2n) is 5.17. The van der Waals surface area contributed by atoms with Crippen LogP contribution in [0.1, 0.15) is 44.4 Å². The smallest absolute Gasteiger partial charge is 0.0992 e. The first-order valence-corrected chi connectivity index (χ1v) is 6.39. The summed E-state index contributed by atoms with van der Waals surface area (Å²) in [7, 11) is 2.00. The summed E-state index contributed by atoms with van der Waals surface area (Å²) in [6.45, 7) is 7.05. The second kappa shape index (κ2) is 6.42. The van der Waals surface area contributed by atoms with Crippen molar-refractivity contribution in [3.05, 3.63) is 29.3 Å². The van der Waals surface area contributed by atoms with Gasteiger partial charge in [-0.15, -0.1) is 0 Å². The molecule has 0 aliphatic rings. The van der Waals surface area contributed by atoms with Crippen LogP contribution >= 0.6 is 0 Å². The van der Waals surface area contributed by atoms with Crippen LogP contribution in [-0.2, 0) is 0 Å². The summed E-state index contributed by atoms with van der Waals surface area (Å²) in [4.78, 5) is 2.11. The minimum atomic E-state index is -0.519. The molecule has 1 rings (SSSR count). The molecule has 0 amide bonds. The molecule has 0 aromatic heterocycles. The first kappa shape index (κ1) is 14.5. The summed E-state index contributed by atoms with van der Waals surface area (Å²) in [6.07, 6.45) is 0.571. The molecule has 3 heteroatoms. The number of hydrogen-bond acceptors (Lipinski definition) is 3. The van der Waals surface area contributed by atoms with Crippen molar-refractivity contribution >= 4 is 5.69 Å². The fraction of sp³-hybridized carbons (Fsp3) is 0.533. The summed E-state index contributed by atoms with van der Waals surface area (Å²) in [5.74, 6) is 0.640. The Hall–Kier alpha value is -1.53. The third-order valence-corrected chi connectivity index (χ3v) is 3.06. The Labute approximate surface area is 110 Å². The molecule has 0 unspecified atom stereocenters. The van der Waals surface area contributed by atoms with Crippen LogP contribution in [0.15, 0.2) is 18.2 Å². The largest absolute Gasteiger partial charge is 0.389 e. The summed E-state index contributed by atoms with van der Waals surface area (Å²) >= 11 is 0. The minimum Gasteiger partial charge on any atom is -0.389 e. The average molecular weight is 246 g/mol. The van der Waals surface area contributed by atoms with Crippen molar-refractivity contribution in [1.29, 1.82) is 5.26 Å². The minimum absolute atomic E-state index is 0.519. The SMILES string of the molecule is CC(C)CCN(C)c1cc(C#N)ccc1[C@@H](C)O. The van der Waals surface area contributed by atoms with Gasteiger partial charge in [-0.1, -0.05) is 19.9 Å². The number of hydrogen-bond donors (Lipinski definition) is 1. The van der Waals surface area contributed by atoms with Gasteiger partial charge in [0.05, 0.1) is 17.7 Å². The zero-order chi connectivity index (χ0) is 13.7. The fourth-order valence-electron chi connectivity index (χ4n) is 1.87. The van der Waals surface area contributed by atoms with Crippen LogP contribution < -0.4 is 4.90 Å². The van der Waals surface area contributed by atoms with E-state index in [1.807, 2.05) is 19.2 Å². The van der Waals surface area contributed by atoms with E-state index in [0.29, 0.717) is 11.5 Å². The standard InChI is InChI=1S/C15H22N2O/c1-11(2)7-8-17(4)15-9-13(10-16)5-6-14(15)12(3)18/h5-6,9,11-12,18H,7-8H2,1-4H3/t12-/m1/s1. The van der Waals surface area contributed by atoms with Crippen LogP contribution in [0.3, 0.4) is 0 Å². The molecule has 0 saturated heterocycles. The quantitative estimate of drug-likeness (QED) is 0.868. The molecule has 0 radical (unpaired) electrons. The van der Waals surface area contributed by atoms with E-state index in [9.17, 15) is 5.11 Å². The van der Waals surface area contributed by atoms with Gasteiger partial charge in [-0.3, -0.25) is 0 Å². The molecule has 18 heavy (non-hydrogen) atoms. The van der Waals surface area contributed by atoms with Crippen molar-refractivity contribution in [2.75, 3.05) is 18.5 Å². The van der Waals surface area contributed by atoms with E-state index in [2.05, 4.69) is 24.8 Å². The maximum Gasteiger partial charge on any atom is 0.0992 e. The topological polar surface area (TPSA) is 47.3 Å². The first-order chi connectivity index (χ1) is 8.45. The maximum atomic E-state index is 9.78. The number of rotatable bonds is 5. The Balaban J connectivity index is 3.00. The first-order valence-electron chi connectivity index (χ1n) is 6.39. The van der Waals surface area contributed by atoms with E-state index >= 15 is 0 Å². The van der Waals surface area contributed by atoms with Gasteiger partial charge in [0, 0.05) is 24.8 Å². The highest BCUT2D eigenvalue weighted by Crippen LogP contribution is 2.27. The van der Waals surface area contributed by atoms with Crippen LogP contribution in [0.5, 0.6) is 0 Å². The zero-order valence-electron chi connectivity index (χ0n) is 11.6. The van der Waals surface area contributed by atoms with Gasteiger partial charge in [-0.2, -0.15) is 5.26 Å². The normalized spacial score (nSPS) is 12.3. The van der Waals surface area contributed by atoms with Gasteiger partial charge in [0.2, 0.25) is 0 Å². The molecule has 0 aliphatic heterocycles. The van der Waals surface area contributed by atoms with E-state index in [1.54, 1.807) is 13.0 Å². The number of aliphatic hydroxyl groups excluding tert-OH is 1. The lowest BCUT2D eigenvalue weighted by molar-refractivity contribution is 0.199. The number of anilines is 1. The molecule has 1 aromatic carbocycles. The van der Waals surface area contributed by atoms with Gasteiger partial charge >= 0.3 is 0 Å². The Morgan fingerprint density at radius 1 is 1.33 bits per heavy atom. The highest BCUT2D eigenvalue weighted by Gasteiger charge is 2.12. The molecule has 1 N–H and O–H groups in total. The predicted octanol–water partition coefficient (Wildman–Crippen LogP) is 3.09. The summed E-state index contributed by atoms with van der Waals surface area (Å²) < 4.78 is 0. The molecular weight excluding hydrogens is 224 g/mol. The Bertz CT molecular complexity index is 433. The monoisotopic (exact) mass is 246 g/mol. The second-order valence-corrected chi connectivity index (χ2v) is 5.17. The molecule has 1 atom stereocenters. The summed E-state index contributed by atoms with van der Waals surface area (Å²) in [6, 6.07) is 7.58. The van der Waals surface area contributed by atoms with Gasteiger partial charge < -0.3 is 10.0 Å². The highest BCUT2D eigenvalue weighted by molar-refractivity contribution is 5.58. The van der Waals surface area contributed by atoms with Crippen molar-refractivity contribution < 1.29 is 5.11 Å². The van der Waals surface area contributed by atoms with Crippen molar-refractivity contribution in [3.8, 4) is 6.07 Å². The molecule has 3 nitrogen and oxygen atoms in total. The third kappa shape index (κ3) is 3.75. The molecule has 98 valence electrons. The highest BCUT2D eigenvalue weighted by atomic mass is 16.3. The zero-order valence-corrected chi connectivity index (χ0v) is 11.6. The predicted molar refractivity (Wildman–Crippen MR) is 74.5 cm³/mol. The summed E-state index contributed by atoms with van der Waals surface area (Å²) in [5.41, 5.74) is 2.45. The van der Waals surface area contributed by atoms with Crippen molar-refractivity contribution in [3.63, 3.8) is 0 Å². The molecule has 0 bridgehead atoms. The van der Waals surface area contributed by atoms with E-state index < -0.39 is 6.10 Å². The lowest BCUT2D eigenvalue weighted by Crippen LogP contribution is -2.21. The average Bonchev–Trinajstić information content (AvgIpc) is 2.34. The molecule has 1 aromatic rings. The molecule has 0 fully saturated rings. The fourth-order valence-corrected chi connectivity index (χ4v) is 1.87.